The van der Waals surface area contributed by atoms with Gasteiger partial charge in [0, 0.05) is 23.1 Å². The smallest absolute Gasteiger partial charge is 0.202 e. The maximum absolute atomic E-state index is 4.45. The van der Waals surface area contributed by atoms with E-state index in [1.807, 2.05) is 6.07 Å². The van der Waals surface area contributed by atoms with Gasteiger partial charge in [-0.05, 0) is 6.07 Å². The zero-order chi connectivity index (χ0) is 12.3. The Bertz CT molecular complexity index is 474. The van der Waals surface area contributed by atoms with Crippen molar-refractivity contribution in [2.75, 3.05) is 5.32 Å². The molecule has 2 rings (SSSR count). The van der Waals surface area contributed by atoms with Crippen LogP contribution in [0.25, 0.3) is 0 Å². The van der Waals surface area contributed by atoms with Crippen LogP contribution in [0.1, 0.15) is 32.3 Å². The van der Waals surface area contributed by atoms with Crippen molar-refractivity contribution < 1.29 is 0 Å². The van der Waals surface area contributed by atoms with Crippen molar-refractivity contribution in [1.29, 1.82) is 0 Å². The summed E-state index contributed by atoms with van der Waals surface area (Å²) in [4.78, 5) is 12.5. The summed E-state index contributed by atoms with van der Waals surface area (Å²) in [6.45, 7) is 6.94. The standard InChI is InChI=1S/C11H15N5S/c1-11(2,3)9-15-10(17-16-9)13-6-8-4-5-12-7-14-8/h4-5,7H,6H2,1-3H3,(H,13,15,16). The highest BCUT2D eigenvalue weighted by Gasteiger charge is 2.19. The Balaban J connectivity index is 1.99. The van der Waals surface area contributed by atoms with Gasteiger partial charge in [0.1, 0.15) is 12.2 Å². The molecule has 2 aromatic heterocycles. The Morgan fingerprint density at radius 3 is 2.76 bits per heavy atom. The quantitative estimate of drug-likeness (QED) is 0.903. The SMILES string of the molecule is CC(C)(C)c1nsc(NCc2ccncn2)n1. The summed E-state index contributed by atoms with van der Waals surface area (Å²) in [6.07, 6.45) is 3.27. The Kier molecular flexibility index (Phi) is 3.33. The number of nitrogens with one attached hydrogen (secondary N) is 1. The first-order valence-corrected chi connectivity index (χ1v) is 6.16. The first-order valence-electron chi connectivity index (χ1n) is 5.38. The van der Waals surface area contributed by atoms with E-state index in [-0.39, 0.29) is 5.41 Å². The average Bonchev–Trinajstić information content (AvgIpc) is 2.76. The fourth-order valence-corrected chi connectivity index (χ4v) is 1.94. The van der Waals surface area contributed by atoms with E-state index in [0.717, 1.165) is 16.6 Å². The van der Waals surface area contributed by atoms with E-state index < -0.39 is 0 Å². The van der Waals surface area contributed by atoms with Gasteiger partial charge in [0.25, 0.3) is 0 Å². The third kappa shape index (κ3) is 3.20. The molecule has 1 N–H and O–H groups in total. The number of aromatic nitrogens is 4. The molecule has 0 aliphatic rings. The van der Waals surface area contributed by atoms with Gasteiger partial charge in [-0.2, -0.15) is 4.37 Å². The van der Waals surface area contributed by atoms with Gasteiger partial charge in [-0.15, -0.1) is 0 Å². The molecule has 0 aliphatic heterocycles. The average molecular weight is 249 g/mol. The summed E-state index contributed by atoms with van der Waals surface area (Å²) in [7, 11) is 0. The lowest BCUT2D eigenvalue weighted by molar-refractivity contribution is 0.555. The molecule has 0 aromatic carbocycles. The second-order valence-corrected chi connectivity index (χ2v) is 5.48. The van der Waals surface area contributed by atoms with Crippen LogP contribution in [0.2, 0.25) is 0 Å². The highest BCUT2D eigenvalue weighted by atomic mass is 32.1. The Labute approximate surface area is 105 Å². The molecule has 5 nitrogen and oxygen atoms in total. The lowest BCUT2D eigenvalue weighted by atomic mass is 9.96. The number of hydrogen-bond acceptors (Lipinski definition) is 6. The van der Waals surface area contributed by atoms with Crippen LogP contribution in [0, 0.1) is 0 Å². The van der Waals surface area contributed by atoms with Crippen molar-refractivity contribution in [3.8, 4) is 0 Å². The van der Waals surface area contributed by atoms with Crippen LogP contribution in [0.3, 0.4) is 0 Å². The van der Waals surface area contributed by atoms with E-state index >= 15 is 0 Å². The van der Waals surface area contributed by atoms with E-state index in [4.69, 9.17) is 0 Å². The monoisotopic (exact) mass is 249 g/mol. The third-order valence-corrected chi connectivity index (χ3v) is 2.83. The minimum absolute atomic E-state index is 0.00858. The lowest BCUT2D eigenvalue weighted by Gasteiger charge is -2.12. The molecule has 0 bridgehead atoms. The fraction of sp³-hybridized carbons (Fsp3) is 0.455. The molecule has 0 aliphatic carbocycles. The normalized spacial score (nSPS) is 11.5. The summed E-state index contributed by atoms with van der Waals surface area (Å²) in [6, 6.07) is 1.87. The summed E-state index contributed by atoms with van der Waals surface area (Å²) in [5, 5.41) is 4.04. The van der Waals surface area contributed by atoms with Gasteiger partial charge in [0.2, 0.25) is 5.13 Å². The zero-order valence-electron chi connectivity index (χ0n) is 10.1. The van der Waals surface area contributed by atoms with Crippen LogP contribution in [0.5, 0.6) is 0 Å². The van der Waals surface area contributed by atoms with E-state index in [1.54, 1.807) is 6.20 Å². The molecule has 2 aromatic rings. The maximum Gasteiger partial charge on any atom is 0.202 e. The molecular formula is C11H15N5S. The van der Waals surface area contributed by atoms with Gasteiger partial charge in [-0.3, -0.25) is 0 Å². The molecule has 0 saturated carbocycles. The molecule has 90 valence electrons. The van der Waals surface area contributed by atoms with E-state index in [1.165, 1.54) is 17.9 Å². The van der Waals surface area contributed by atoms with Crippen LogP contribution >= 0.6 is 11.5 Å². The van der Waals surface area contributed by atoms with Gasteiger partial charge in [0.05, 0.1) is 12.2 Å². The molecule has 0 fully saturated rings. The van der Waals surface area contributed by atoms with Gasteiger partial charge in [-0.25, -0.2) is 15.0 Å². The molecule has 0 unspecified atom stereocenters. The highest BCUT2D eigenvalue weighted by Crippen LogP contribution is 2.22. The second-order valence-electron chi connectivity index (χ2n) is 4.73. The second kappa shape index (κ2) is 4.75. The summed E-state index contributed by atoms with van der Waals surface area (Å²) < 4.78 is 4.34. The first kappa shape index (κ1) is 11.9. The van der Waals surface area contributed by atoms with Crippen LogP contribution in [-0.2, 0) is 12.0 Å². The van der Waals surface area contributed by atoms with Crippen molar-refractivity contribution in [3.63, 3.8) is 0 Å². The summed E-state index contributed by atoms with van der Waals surface area (Å²) >= 11 is 1.38. The maximum atomic E-state index is 4.45. The van der Waals surface area contributed by atoms with Crippen molar-refractivity contribution in [2.45, 2.75) is 32.7 Å². The van der Waals surface area contributed by atoms with Gasteiger partial charge in [0.15, 0.2) is 0 Å². The Morgan fingerprint density at radius 2 is 2.18 bits per heavy atom. The molecule has 0 amide bonds. The molecular weight excluding hydrogens is 234 g/mol. The molecule has 0 radical (unpaired) electrons. The van der Waals surface area contributed by atoms with Crippen LogP contribution in [0.4, 0.5) is 5.13 Å². The predicted molar refractivity (Wildman–Crippen MR) is 68.0 cm³/mol. The van der Waals surface area contributed by atoms with Crippen molar-refractivity contribution >= 4 is 16.7 Å². The lowest BCUT2D eigenvalue weighted by Crippen LogP contribution is -2.13. The minimum atomic E-state index is -0.00858. The number of hydrogen-bond donors (Lipinski definition) is 1. The molecule has 2 heterocycles. The topological polar surface area (TPSA) is 63.6 Å². The van der Waals surface area contributed by atoms with Crippen molar-refractivity contribution in [2.24, 2.45) is 0 Å². The van der Waals surface area contributed by atoms with Crippen LogP contribution in [0.15, 0.2) is 18.6 Å². The van der Waals surface area contributed by atoms with Crippen LogP contribution in [-0.4, -0.2) is 19.3 Å². The minimum Gasteiger partial charge on any atom is -0.355 e. The van der Waals surface area contributed by atoms with Gasteiger partial charge < -0.3 is 5.32 Å². The largest absolute Gasteiger partial charge is 0.355 e. The van der Waals surface area contributed by atoms with Gasteiger partial charge >= 0.3 is 0 Å². The Hall–Kier alpha value is -1.56. The first-order chi connectivity index (χ1) is 8.05. The number of rotatable bonds is 3. The predicted octanol–water partition coefficient (Wildman–Crippen LogP) is 2.24. The molecule has 0 saturated heterocycles. The summed E-state index contributed by atoms with van der Waals surface area (Å²) in [5.41, 5.74) is 0.929. The molecule has 0 spiro atoms. The molecule has 17 heavy (non-hydrogen) atoms. The Morgan fingerprint density at radius 1 is 1.35 bits per heavy atom. The third-order valence-electron chi connectivity index (χ3n) is 2.16. The van der Waals surface area contributed by atoms with E-state index in [2.05, 4.69) is 45.4 Å². The van der Waals surface area contributed by atoms with Crippen LogP contribution < -0.4 is 5.32 Å². The zero-order valence-corrected chi connectivity index (χ0v) is 11.0. The fourth-order valence-electron chi connectivity index (χ4n) is 1.19. The van der Waals surface area contributed by atoms with E-state index in [0.29, 0.717) is 6.54 Å². The highest BCUT2D eigenvalue weighted by molar-refractivity contribution is 7.09. The van der Waals surface area contributed by atoms with Crippen molar-refractivity contribution in [3.05, 3.63) is 30.1 Å². The molecule has 0 atom stereocenters. The van der Waals surface area contributed by atoms with Gasteiger partial charge in [-0.1, -0.05) is 20.8 Å². The molecule has 6 heteroatoms. The number of nitrogens with zero attached hydrogens (tertiary/aromatic N) is 4. The number of anilines is 1. The van der Waals surface area contributed by atoms with Crippen molar-refractivity contribution in [1.82, 2.24) is 19.3 Å². The summed E-state index contributed by atoms with van der Waals surface area (Å²) in [5.74, 6) is 0.868. The van der Waals surface area contributed by atoms with E-state index in [9.17, 15) is 0 Å².